The van der Waals surface area contributed by atoms with E-state index in [0.29, 0.717) is 19.4 Å². The van der Waals surface area contributed by atoms with Crippen molar-refractivity contribution in [1.82, 2.24) is 9.44 Å². The summed E-state index contributed by atoms with van der Waals surface area (Å²) in [5.41, 5.74) is 5.30. The predicted octanol–water partition coefficient (Wildman–Crippen LogP) is -0.696. The third-order valence-corrected chi connectivity index (χ3v) is 2.81. The molecular formula is C7H17N3O4S. The van der Waals surface area contributed by atoms with Gasteiger partial charge in [0.25, 0.3) is 0 Å². The highest BCUT2D eigenvalue weighted by atomic mass is 32.2. The van der Waals surface area contributed by atoms with Gasteiger partial charge in [0.1, 0.15) is 0 Å². The molecule has 1 atom stereocenters. The Hall–Kier alpha value is -0.860. The van der Waals surface area contributed by atoms with Crippen molar-refractivity contribution in [2.24, 2.45) is 5.73 Å². The van der Waals surface area contributed by atoms with Crippen LogP contribution in [0.1, 0.15) is 19.8 Å². The zero-order valence-corrected chi connectivity index (χ0v) is 9.63. The first-order valence-corrected chi connectivity index (χ1v) is 6.01. The van der Waals surface area contributed by atoms with Crippen molar-refractivity contribution in [2.45, 2.75) is 25.8 Å². The van der Waals surface area contributed by atoms with Crippen LogP contribution in [0, 0.1) is 0 Å². The van der Waals surface area contributed by atoms with Crippen LogP contribution in [0.2, 0.25) is 0 Å². The number of nitrogens with two attached hydrogens (primary N) is 1. The average Bonchev–Trinajstić information content (AvgIpc) is 2.15. The van der Waals surface area contributed by atoms with Gasteiger partial charge in [-0.2, -0.15) is 13.1 Å². The summed E-state index contributed by atoms with van der Waals surface area (Å²) in [4.78, 5) is 10.7. The molecule has 0 aromatic carbocycles. The van der Waals surface area contributed by atoms with Crippen LogP contribution in [0.5, 0.6) is 0 Å². The summed E-state index contributed by atoms with van der Waals surface area (Å²) in [5.74, 6) is 0. The lowest BCUT2D eigenvalue weighted by Gasteiger charge is -2.15. The number of carbonyl (C=O) groups excluding carboxylic acids is 1. The Balaban J connectivity index is 4.28. The molecule has 0 aromatic heterocycles. The van der Waals surface area contributed by atoms with Crippen LogP contribution in [0.4, 0.5) is 4.79 Å². The lowest BCUT2D eigenvalue weighted by atomic mass is 10.2. The molecule has 0 saturated heterocycles. The lowest BCUT2D eigenvalue weighted by molar-refractivity contribution is 0.177. The molecule has 1 amide bonds. The topological polar surface area (TPSA) is 111 Å². The molecule has 0 radical (unpaired) electrons. The molecule has 4 N–H and O–H groups in total. The third-order valence-electron chi connectivity index (χ3n) is 1.73. The smallest absolute Gasteiger partial charge is 0.421 e. The number of amides is 1. The van der Waals surface area contributed by atoms with Crippen LogP contribution >= 0.6 is 0 Å². The predicted molar refractivity (Wildman–Crippen MR) is 55.3 cm³/mol. The highest BCUT2D eigenvalue weighted by Gasteiger charge is 2.18. The van der Waals surface area contributed by atoms with Gasteiger partial charge in [0, 0.05) is 6.04 Å². The summed E-state index contributed by atoms with van der Waals surface area (Å²) in [5, 5.41) is 0. The molecule has 90 valence electrons. The SMILES string of the molecule is CCC(CCN)NS(=O)(=O)NC(=O)OC. The fourth-order valence-corrected chi connectivity index (χ4v) is 2.03. The molecule has 8 heteroatoms. The summed E-state index contributed by atoms with van der Waals surface area (Å²) in [6.07, 6.45) is 0.0859. The Kier molecular flexibility index (Phi) is 6.21. The van der Waals surface area contributed by atoms with Gasteiger partial charge in [-0.1, -0.05) is 6.92 Å². The molecule has 0 aliphatic rings. The van der Waals surface area contributed by atoms with Gasteiger partial charge in [0.15, 0.2) is 0 Å². The summed E-state index contributed by atoms with van der Waals surface area (Å²) < 4.78 is 30.7. The second-order valence-corrected chi connectivity index (χ2v) is 4.34. The number of rotatable bonds is 6. The van der Waals surface area contributed by atoms with Gasteiger partial charge >= 0.3 is 16.3 Å². The molecule has 7 nitrogen and oxygen atoms in total. The zero-order valence-electron chi connectivity index (χ0n) is 8.82. The number of carbonyl (C=O) groups is 1. The second kappa shape index (κ2) is 6.59. The van der Waals surface area contributed by atoms with E-state index in [1.807, 2.05) is 6.92 Å². The Morgan fingerprint density at radius 1 is 1.53 bits per heavy atom. The Bertz CT molecular complexity index is 291. The zero-order chi connectivity index (χ0) is 11.9. The Morgan fingerprint density at radius 3 is 2.53 bits per heavy atom. The van der Waals surface area contributed by atoms with E-state index in [1.54, 1.807) is 4.72 Å². The third kappa shape index (κ3) is 6.26. The fourth-order valence-electron chi connectivity index (χ4n) is 0.948. The van der Waals surface area contributed by atoms with Crippen LogP contribution < -0.4 is 15.2 Å². The summed E-state index contributed by atoms with van der Waals surface area (Å²) in [6, 6.07) is -0.280. The first-order chi connectivity index (χ1) is 6.95. The van der Waals surface area contributed by atoms with Crippen molar-refractivity contribution < 1.29 is 17.9 Å². The molecule has 0 rings (SSSR count). The molecule has 0 saturated carbocycles. The van der Waals surface area contributed by atoms with Gasteiger partial charge in [-0.05, 0) is 19.4 Å². The van der Waals surface area contributed by atoms with Crippen LogP contribution in [-0.2, 0) is 14.9 Å². The second-order valence-electron chi connectivity index (χ2n) is 2.90. The van der Waals surface area contributed by atoms with Crippen molar-refractivity contribution in [3.8, 4) is 0 Å². The highest BCUT2D eigenvalue weighted by Crippen LogP contribution is 1.97. The van der Waals surface area contributed by atoms with E-state index in [-0.39, 0.29) is 6.04 Å². The fraction of sp³-hybridized carbons (Fsp3) is 0.857. The van der Waals surface area contributed by atoms with Gasteiger partial charge in [-0.3, -0.25) is 0 Å². The van der Waals surface area contributed by atoms with Crippen molar-refractivity contribution >= 4 is 16.3 Å². The molecule has 0 aliphatic heterocycles. The van der Waals surface area contributed by atoms with Crippen LogP contribution in [0.3, 0.4) is 0 Å². The van der Waals surface area contributed by atoms with E-state index in [0.717, 1.165) is 7.11 Å². The molecule has 0 heterocycles. The minimum absolute atomic E-state index is 0.280. The van der Waals surface area contributed by atoms with E-state index in [2.05, 4.69) is 9.46 Å². The standard InChI is InChI=1S/C7H17N3O4S/c1-3-6(4-5-8)9-15(12,13)10-7(11)14-2/h6,9H,3-5,8H2,1-2H3,(H,10,11). The first kappa shape index (κ1) is 14.1. The van der Waals surface area contributed by atoms with E-state index in [9.17, 15) is 13.2 Å². The van der Waals surface area contributed by atoms with Crippen LogP contribution in [0.25, 0.3) is 0 Å². The maximum Gasteiger partial charge on any atom is 0.421 e. The van der Waals surface area contributed by atoms with Crippen molar-refractivity contribution in [1.29, 1.82) is 0 Å². The van der Waals surface area contributed by atoms with Gasteiger partial charge < -0.3 is 10.5 Å². The normalized spacial score (nSPS) is 13.3. The maximum absolute atomic E-state index is 11.3. The van der Waals surface area contributed by atoms with Crippen molar-refractivity contribution in [3.05, 3.63) is 0 Å². The van der Waals surface area contributed by atoms with Crippen LogP contribution in [0.15, 0.2) is 0 Å². The van der Waals surface area contributed by atoms with Gasteiger partial charge in [0.2, 0.25) is 0 Å². The maximum atomic E-state index is 11.3. The van der Waals surface area contributed by atoms with Gasteiger partial charge in [0.05, 0.1) is 7.11 Å². The molecule has 15 heavy (non-hydrogen) atoms. The Morgan fingerprint density at radius 2 is 2.13 bits per heavy atom. The number of hydrogen-bond acceptors (Lipinski definition) is 5. The minimum Gasteiger partial charge on any atom is -0.452 e. The van der Waals surface area contributed by atoms with E-state index >= 15 is 0 Å². The summed E-state index contributed by atoms with van der Waals surface area (Å²) in [6.45, 7) is 2.19. The summed E-state index contributed by atoms with van der Waals surface area (Å²) in [7, 11) is -2.77. The number of methoxy groups -OCH3 is 1. The molecule has 0 aromatic rings. The molecule has 0 bridgehead atoms. The number of ether oxygens (including phenoxy) is 1. The highest BCUT2D eigenvalue weighted by molar-refractivity contribution is 7.88. The molecule has 0 aliphatic carbocycles. The van der Waals surface area contributed by atoms with E-state index in [1.165, 1.54) is 0 Å². The average molecular weight is 239 g/mol. The minimum atomic E-state index is -3.86. The van der Waals surface area contributed by atoms with Crippen molar-refractivity contribution in [2.75, 3.05) is 13.7 Å². The van der Waals surface area contributed by atoms with Crippen molar-refractivity contribution in [3.63, 3.8) is 0 Å². The van der Waals surface area contributed by atoms with Crippen LogP contribution in [-0.4, -0.2) is 34.2 Å². The summed E-state index contributed by atoms with van der Waals surface area (Å²) >= 11 is 0. The number of nitrogens with one attached hydrogen (secondary N) is 2. The van der Waals surface area contributed by atoms with E-state index < -0.39 is 16.3 Å². The monoisotopic (exact) mass is 239 g/mol. The Labute approximate surface area is 89.5 Å². The number of hydrogen-bond donors (Lipinski definition) is 3. The first-order valence-electron chi connectivity index (χ1n) is 4.53. The quantitative estimate of drug-likeness (QED) is 0.568. The molecule has 0 spiro atoms. The largest absolute Gasteiger partial charge is 0.452 e. The lowest BCUT2D eigenvalue weighted by Crippen LogP contribution is -2.45. The van der Waals surface area contributed by atoms with Gasteiger partial charge in [-0.25, -0.2) is 9.52 Å². The molecular weight excluding hydrogens is 222 g/mol. The molecule has 0 fully saturated rings. The molecule has 1 unspecified atom stereocenters. The van der Waals surface area contributed by atoms with Gasteiger partial charge in [-0.15, -0.1) is 0 Å². The van der Waals surface area contributed by atoms with E-state index in [4.69, 9.17) is 5.73 Å².